The van der Waals surface area contributed by atoms with Gasteiger partial charge in [0.05, 0.1) is 23.3 Å². The van der Waals surface area contributed by atoms with Crippen LogP contribution in [-0.4, -0.2) is 28.2 Å². The zero-order chi connectivity index (χ0) is 26.4. The molecule has 0 aliphatic carbocycles. The van der Waals surface area contributed by atoms with Crippen LogP contribution in [0.25, 0.3) is 27.6 Å². The number of anilines is 1. The molecule has 6 nitrogen and oxygen atoms in total. The number of para-hydroxylation sites is 1. The van der Waals surface area contributed by atoms with Crippen molar-refractivity contribution in [2.75, 3.05) is 18.6 Å². The summed E-state index contributed by atoms with van der Waals surface area (Å²) >= 11 is 0. The molecule has 3 aromatic carbocycles. The Balaban J connectivity index is 1.48. The summed E-state index contributed by atoms with van der Waals surface area (Å²) in [5, 5.41) is 12.0. The van der Waals surface area contributed by atoms with E-state index in [1.807, 2.05) is 56.0 Å². The highest BCUT2D eigenvalue weighted by molar-refractivity contribution is 6.09. The molecule has 0 radical (unpaired) electrons. The molecule has 38 heavy (non-hydrogen) atoms. The fourth-order valence-electron chi connectivity index (χ4n) is 4.96. The van der Waals surface area contributed by atoms with Crippen LogP contribution in [0.2, 0.25) is 0 Å². The summed E-state index contributed by atoms with van der Waals surface area (Å²) in [5.41, 5.74) is 4.77. The third-order valence-corrected chi connectivity index (χ3v) is 7.01. The number of aromatic nitrogens is 2. The van der Waals surface area contributed by atoms with E-state index >= 15 is 0 Å². The highest BCUT2D eigenvalue weighted by Gasteiger charge is 2.19. The third-order valence-electron chi connectivity index (χ3n) is 7.01. The number of pyridine rings is 1. The van der Waals surface area contributed by atoms with Crippen molar-refractivity contribution in [3.8, 4) is 23.4 Å². The lowest BCUT2D eigenvalue weighted by Gasteiger charge is -2.20. The predicted octanol–water partition coefficient (Wildman–Crippen LogP) is 7.32. The molecule has 2 aromatic heterocycles. The van der Waals surface area contributed by atoms with Gasteiger partial charge in [-0.05, 0) is 53.4 Å². The average Bonchev–Trinajstić information content (AvgIpc) is 3.49. The highest BCUT2D eigenvalue weighted by Crippen LogP contribution is 2.37. The molecule has 0 atom stereocenters. The summed E-state index contributed by atoms with van der Waals surface area (Å²) in [6.45, 7) is 7.38. The van der Waals surface area contributed by atoms with Gasteiger partial charge in [0, 0.05) is 54.2 Å². The minimum Gasteiger partial charge on any atom is -0.456 e. The van der Waals surface area contributed by atoms with Gasteiger partial charge in [-0.2, -0.15) is 5.26 Å². The molecule has 0 amide bonds. The van der Waals surface area contributed by atoms with Crippen LogP contribution in [0, 0.1) is 11.3 Å². The van der Waals surface area contributed by atoms with Gasteiger partial charge in [0.1, 0.15) is 23.4 Å². The maximum Gasteiger partial charge on any atom is 0.147 e. The molecule has 188 valence electrons. The first-order chi connectivity index (χ1) is 18.3. The van der Waals surface area contributed by atoms with E-state index in [1.54, 1.807) is 0 Å². The minimum absolute atomic E-state index is 0.00275. The van der Waals surface area contributed by atoms with Crippen molar-refractivity contribution < 1.29 is 4.74 Å². The Labute approximate surface area is 222 Å². The Morgan fingerprint density at radius 1 is 0.895 bits per heavy atom. The van der Waals surface area contributed by atoms with Gasteiger partial charge in [-0.15, -0.1) is 0 Å². The van der Waals surface area contributed by atoms with Gasteiger partial charge in [0.15, 0.2) is 0 Å². The first kappa shape index (κ1) is 23.6. The van der Waals surface area contributed by atoms with Crippen LogP contribution >= 0.6 is 0 Å². The number of nitriles is 1. The molecule has 1 aliphatic rings. The molecule has 0 spiro atoms. The van der Waals surface area contributed by atoms with E-state index in [9.17, 15) is 5.26 Å². The first-order valence-electron chi connectivity index (χ1n) is 12.7. The Morgan fingerprint density at radius 3 is 2.47 bits per heavy atom. The number of rotatable bonds is 4. The second-order valence-corrected chi connectivity index (χ2v) is 10.7. The zero-order valence-corrected chi connectivity index (χ0v) is 22.0. The van der Waals surface area contributed by atoms with Crippen molar-refractivity contribution in [2.45, 2.75) is 26.2 Å². The average molecular weight is 500 g/mol. The topological polar surface area (TPSA) is 57.3 Å². The first-order valence-corrected chi connectivity index (χ1v) is 12.7. The Hall–Kier alpha value is -4.76. The lowest BCUT2D eigenvalue weighted by atomic mass is 9.88. The van der Waals surface area contributed by atoms with Gasteiger partial charge in [-0.3, -0.25) is 4.57 Å². The minimum atomic E-state index is 0.00275. The van der Waals surface area contributed by atoms with E-state index < -0.39 is 0 Å². The molecule has 0 saturated carbocycles. The molecule has 0 bridgehead atoms. The normalized spacial score (nSPS) is 13.4. The van der Waals surface area contributed by atoms with Crippen molar-refractivity contribution in [3.63, 3.8) is 0 Å². The summed E-state index contributed by atoms with van der Waals surface area (Å²) in [4.78, 5) is 8.97. The number of benzene rings is 3. The van der Waals surface area contributed by atoms with Gasteiger partial charge < -0.3 is 14.5 Å². The summed E-state index contributed by atoms with van der Waals surface area (Å²) < 4.78 is 8.57. The van der Waals surface area contributed by atoms with Crippen LogP contribution in [0.1, 0.15) is 31.9 Å². The summed E-state index contributed by atoms with van der Waals surface area (Å²) in [7, 11) is 2.03. The van der Waals surface area contributed by atoms with Gasteiger partial charge in [-0.1, -0.05) is 39.0 Å². The largest absolute Gasteiger partial charge is 0.456 e. The fraction of sp³-hybridized carbons (Fsp3) is 0.188. The Morgan fingerprint density at radius 2 is 1.71 bits per heavy atom. The Bertz CT molecular complexity index is 1750. The zero-order valence-electron chi connectivity index (χ0n) is 22.0. The van der Waals surface area contributed by atoms with E-state index in [-0.39, 0.29) is 5.41 Å². The highest BCUT2D eigenvalue weighted by atomic mass is 16.5. The lowest BCUT2D eigenvalue weighted by molar-refractivity contribution is 0.480. The number of hydrogen-bond donors (Lipinski definition) is 0. The van der Waals surface area contributed by atoms with Crippen LogP contribution in [-0.2, 0) is 5.41 Å². The number of ether oxygens (including phenoxy) is 1. The second-order valence-electron chi connectivity index (χ2n) is 10.7. The second kappa shape index (κ2) is 8.97. The number of hydrogen-bond acceptors (Lipinski definition) is 5. The van der Waals surface area contributed by atoms with Crippen LogP contribution in [0.3, 0.4) is 0 Å². The Kier molecular flexibility index (Phi) is 5.57. The predicted molar refractivity (Wildman–Crippen MR) is 153 cm³/mol. The smallest absolute Gasteiger partial charge is 0.147 e. The molecule has 5 aromatic rings. The van der Waals surface area contributed by atoms with E-state index in [0.717, 1.165) is 40.0 Å². The van der Waals surface area contributed by atoms with Gasteiger partial charge in [0.25, 0.3) is 0 Å². The van der Waals surface area contributed by atoms with Crippen LogP contribution in [0.5, 0.6) is 11.5 Å². The van der Waals surface area contributed by atoms with Crippen LogP contribution in [0.15, 0.2) is 91.4 Å². The SMILES string of the molecule is CN1C=CN(c2ccc(C#N)c(Oc3ccc4c5ccccc5n(-c5cc(C(C)(C)C)ccn5)c4c3)c2)C1. The van der Waals surface area contributed by atoms with E-state index in [1.165, 1.54) is 5.56 Å². The van der Waals surface area contributed by atoms with E-state index in [2.05, 4.69) is 83.7 Å². The summed E-state index contributed by atoms with van der Waals surface area (Å²) in [6.07, 6.45) is 5.92. The summed E-state index contributed by atoms with van der Waals surface area (Å²) in [5.74, 6) is 2.06. The van der Waals surface area contributed by atoms with Gasteiger partial charge >= 0.3 is 0 Å². The lowest BCUT2D eigenvalue weighted by Crippen LogP contribution is -2.21. The molecule has 0 unspecified atom stereocenters. The van der Waals surface area contributed by atoms with Gasteiger partial charge in [-0.25, -0.2) is 4.98 Å². The van der Waals surface area contributed by atoms with Crippen molar-refractivity contribution in [1.29, 1.82) is 5.26 Å². The van der Waals surface area contributed by atoms with E-state index in [4.69, 9.17) is 9.72 Å². The molecule has 1 aliphatic heterocycles. The number of nitrogens with zero attached hydrogens (tertiary/aromatic N) is 5. The van der Waals surface area contributed by atoms with Crippen molar-refractivity contribution in [1.82, 2.24) is 14.5 Å². The van der Waals surface area contributed by atoms with Crippen molar-refractivity contribution in [2.24, 2.45) is 0 Å². The molecule has 0 N–H and O–H groups in total. The quantitative estimate of drug-likeness (QED) is 0.259. The third kappa shape index (κ3) is 4.12. The standard InChI is InChI=1S/C32H29N5O/c1-32(2,3)23-13-14-34-31(17-23)37-28-8-6-5-7-26(28)27-12-11-25(19-29(27)37)38-30-18-24(10-9-22(30)20-33)36-16-15-35(4)21-36/h5-19H,21H2,1-4H3. The van der Waals surface area contributed by atoms with Crippen LogP contribution in [0.4, 0.5) is 5.69 Å². The molecule has 6 rings (SSSR count). The molecular weight excluding hydrogens is 470 g/mol. The maximum atomic E-state index is 9.77. The maximum absolute atomic E-state index is 9.77. The number of fused-ring (bicyclic) bond motifs is 3. The molecule has 0 fully saturated rings. The summed E-state index contributed by atoms with van der Waals surface area (Å²) in [6, 6.07) is 26.7. The van der Waals surface area contributed by atoms with Crippen molar-refractivity contribution in [3.05, 3.63) is 103 Å². The van der Waals surface area contributed by atoms with E-state index in [0.29, 0.717) is 17.1 Å². The molecular formula is C32H29N5O. The monoisotopic (exact) mass is 499 g/mol. The van der Waals surface area contributed by atoms with Crippen LogP contribution < -0.4 is 9.64 Å². The molecule has 3 heterocycles. The molecule has 6 heteroatoms. The fourth-order valence-corrected chi connectivity index (χ4v) is 4.96. The van der Waals surface area contributed by atoms with Gasteiger partial charge in [0.2, 0.25) is 0 Å². The molecule has 0 saturated heterocycles. The van der Waals surface area contributed by atoms with Crippen molar-refractivity contribution >= 4 is 27.5 Å².